The Hall–Kier alpha value is -1.35. The van der Waals surface area contributed by atoms with Crippen molar-refractivity contribution >= 4 is 5.97 Å². The van der Waals surface area contributed by atoms with E-state index in [0.717, 1.165) is 12.8 Å². The van der Waals surface area contributed by atoms with Gasteiger partial charge < -0.3 is 10.5 Å². The van der Waals surface area contributed by atoms with Crippen LogP contribution in [-0.4, -0.2) is 19.6 Å². The number of methoxy groups -OCH3 is 1. The fourth-order valence-corrected chi connectivity index (χ4v) is 2.74. The number of ether oxygens (including phenoxy) is 1. The first-order valence-corrected chi connectivity index (χ1v) is 6.11. The van der Waals surface area contributed by atoms with E-state index in [1.807, 2.05) is 24.3 Å². The van der Waals surface area contributed by atoms with Crippen LogP contribution in [0.4, 0.5) is 0 Å². The molecule has 2 rings (SSSR count). The number of carbonyl (C=O) groups excluding carboxylic acids is 1. The van der Waals surface area contributed by atoms with Crippen molar-refractivity contribution in [2.75, 3.05) is 13.7 Å². The van der Waals surface area contributed by atoms with Crippen LogP contribution in [0.1, 0.15) is 41.6 Å². The number of esters is 1. The molecule has 1 aliphatic carbocycles. The maximum Gasteiger partial charge on any atom is 0.337 e. The molecule has 0 heterocycles. The third kappa shape index (κ3) is 2.20. The van der Waals surface area contributed by atoms with Crippen molar-refractivity contribution in [1.29, 1.82) is 0 Å². The average molecular weight is 233 g/mol. The van der Waals surface area contributed by atoms with Gasteiger partial charge in [-0.05, 0) is 30.5 Å². The van der Waals surface area contributed by atoms with Gasteiger partial charge in [0.1, 0.15) is 0 Å². The van der Waals surface area contributed by atoms with E-state index < -0.39 is 0 Å². The molecule has 0 aromatic heterocycles. The first-order valence-electron chi connectivity index (χ1n) is 6.11. The van der Waals surface area contributed by atoms with Crippen LogP contribution < -0.4 is 5.73 Å². The highest BCUT2D eigenvalue weighted by Crippen LogP contribution is 2.40. The third-order valence-corrected chi connectivity index (χ3v) is 3.87. The lowest BCUT2D eigenvalue weighted by molar-refractivity contribution is 0.0600. The first kappa shape index (κ1) is 12.1. The summed E-state index contributed by atoms with van der Waals surface area (Å²) in [5.41, 5.74) is 7.92. The Morgan fingerprint density at radius 2 is 1.88 bits per heavy atom. The summed E-state index contributed by atoms with van der Waals surface area (Å²) in [7, 11) is 1.40. The standard InChI is InChI=1S/C14H19NO2/c1-17-13(16)11-4-6-12(7-5-11)14(10-15)8-2-3-9-14/h4-7H,2-3,8-10,15H2,1H3. The second-order valence-electron chi connectivity index (χ2n) is 4.76. The molecule has 0 bridgehead atoms. The van der Waals surface area contributed by atoms with Crippen molar-refractivity contribution in [3.8, 4) is 0 Å². The molecule has 0 amide bonds. The van der Waals surface area contributed by atoms with Crippen LogP contribution in [0.2, 0.25) is 0 Å². The molecule has 0 atom stereocenters. The minimum Gasteiger partial charge on any atom is -0.465 e. The second kappa shape index (κ2) is 4.88. The van der Waals surface area contributed by atoms with Crippen LogP contribution in [-0.2, 0) is 10.2 Å². The molecule has 0 unspecified atom stereocenters. The van der Waals surface area contributed by atoms with Gasteiger partial charge in [-0.25, -0.2) is 4.79 Å². The van der Waals surface area contributed by atoms with E-state index in [1.54, 1.807) is 0 Å². The largest absolute Gasteiger partial charge is 0.465 e. The van der Waals surface area contributed by atoms with Crippen LogP contribution >= 0.6 is 0 Å². The molecule has 1 fully saturated rings. The van der Waals surface area contributed by atoms with Gasteiger partial charge in [0.15, 0.2) is 0 Å². The number of hydrogen-bond acceptors (Lipinski definition) is 3. The summed E-state index contributed by atoms with van der Waals surface area (Å²) in [5, 5.41) is 0. The van der Waals surface area contributed by atoms with Crippen molar-refractivity contribution in [2.24, 2.45) is 5.73 Å². The molecule has 1 saturated carbocycles. The second-order valence-corrected chi connectivity index (χ2v) is 4.76. The van der Waals surface area contributed by atoms with E-state index >= 15 is 0 Å². The molecule has 1 aromatic rings. The normalized spacial score (nSPS) is 18.0. The van der Waals surface area contributed by atoms with Crippen LogP contribution in [0, 0.1) is 0 Å². The number of nitrogens with two attached hydrogens (primary N) is 1. The summed E-state index contributed by atoms with van der Waals surface area (Å²) < 4.78 is 4.69. The van der Waals surface area contributed by atoms with Gasteiger partial charge in [0.05, 0.1) is 12.7 Å². The topological polar surface area (TPSA) is 52.3 Å². The van der Waals surface area contributed by atoms with Gasteiger partial charge in [0.25, 0.3) is 0 Å². The zero-order valence-electron chi connectivity index (χ0n) is 10.2. The number of hydrogen-bond donors (Lipinski definition) is 1. The summed E-state index contributed by atoms with van der Waals surface area (Å²) in [5.74, 6) is -0.287. The maximum atomic E-state index is 11.3. The Morgan fingerprint density at radius 1 is 1.29 bits per heavy atom. The van der Waals surface area contributed by atoms with E-state index in [0.29, 0.717) is 12.1 Å². The lowest BCUT2D eigenvalue weighted by atomic mass is 9.79. The van der Waals surface area contributed by atoms with E-state index in [-0.39, 0.29) is 11.4 Å². The van der Waals surface area contributed by atoms with Crippen LogP contribution in [0.25, 0.3) is 0 Å². The molecule has 92 valence electrons. The van der Waals surface area contributed by atoms with Crippen LogP contribution in [0.15, 0.2) is 24.3 Å². The molecule has 3 heteroatoms. The Morgan fingerprint density at radius 3 is 2.35 bits per heavy atom. The monoisotopic (exact) mass is 233 g/mol. The molecular formula is C14H19NO2. The van der Waals surface area contributed by atoms with Gasteiger partial charge in [-0.1, -0.05) is 25.0 Å². The Balaban J connectivity index is 2.25. The fourth-order valence-electron chi connectivity index (χ4n) is 2.74. The predicted molar refractivity (Wildman–Crippen MR) is 67.0 cm³/mol. The van der Waals surface area contributed by atoms with Crippen molar-refractivity contribution in [2.45, 2.75) is 31.1 Å². The van der Waals surface area contributed by atoms with Gasteiger partial charge in [0, 0.05) is 12.0 Å². The molecule has 2 N–H and O–H groups in total. The average Bonchev–Trinajstić information content (AvgIpc) is 2.88. The number of carbonyl (C=O) groups is 1. The van der Waals surface area contributed by atoms with Crippen LogP contribution in [0.3, 0.4) is 0 Å². The number of benzene rings is 1. The summed E-state index contributed by atoms with van der Waals surface area (Å²) in [6, 6.07) is 7.70. The molecule has 0 radical (unpaired) electrons. The lowest BCUT2D eigenvalue weighted by Crippen LogP contribution is -2.31. The first-order chi connectivity index (χ1) is 8.22. The molecule has 0 aliphatic heterocycles. The maximum absolute atomic E-state index is 11.3. The van der Waals surface area contributed by atoms with Crippen molar-refractivity contribution in [3.05, 3.63) is 35.4 Å². The Labute approximate surface area is 102 Å². The van der Waals surface area contributed by atoms with Gasteiger partial charge >= 0.3 is 5.97 Å². The van der Waals surface area contributed by atoms with Gasteiger partial charge in [-0.3, -0.25) is 0 Å². The van der Waals surface area contributed by atoms with Gasteiger partial charge in [-0.15, -0.1) is 0 Å². The van der Waals surface area contributed by atoms with Gasteiger partial charge in [-0.2, -0.15) is 0 Å². The van der Waals surface area contributed by atoms with Crippen molar-refractivity contribution in [3.63, 3.8) is 0 Å². The Kier molecular flexibility index (Phi) is 3.48. The molecule has 1 aromatic carbocycles. The van der Waals surface area contributed by atoms with E-state index in [4.69, 9.17) is 5.73 Å². The molecule has 0 saturated heterocycles. The summed E-state index contributed by atoms with van der Waals surface area (Å²) in [6.45, 7) is 0.685. The smallest absolute Gasteiger partial charge is 0.337 e. The molecule has 0 spiro atoms. The summed E-state index contributed by atoms with van der Waals surface area (Å²) in [6.07, 6.45) is 4.80. The molecule has 1 aliphatic rings. The number of rotatable bonds is 3. The summed E-state index contributed by atoms with van der Waals surface area (Å²) in [4.78, 5) is 11.3. The van der Waals surface area contributed by atoms with Crippen molar-refractivity contribution in [1.82, 2.24) is 0 Å². The van der Waals surface area contributed by atoms with E-state index in [9.17, 15) is 4.79 Å². The third-order valence-electron chi connectivity index (χ3n) is 3.87. The predicted octanol–water partition coefficient (Wildman–Crippen LogP) is 2.24. The minimum absolute atomic E-state index is 0.134. The molecule has 3 nitrogen and oxygen atoms in total. The van der Waals surface area contributed by atoms with E-state index in [1.165, 1.54) is 25.5 Å². The molecular weight excluding hydrogens is 214 g/mol. The molecule has 17 heavy (non-hydrogen) atoms. The highest BCUT2D eigenvalue weighted by Gasteiger charge is 2.34. The highest BCUT2D eigenvalue weighted by atomic mass is 16.5. The van der Waals surface area contributed by atoms with Crippen molar-refractivity contribution < 1.29 is 9.53 Å². The highest BCUT2D eigenvalue weighted by molar-refractivity contribution is 5.89. The quantitative estimate of drug-likeness (QED) is 0.815. The van der Waals surface area contributed by atoms with Gasteiger partial charge in [0.2, 0.25) is 0 Å². The SMILES string of the molecule is COC(=O)c1ccc(C2(CN)CCCC2)cc1. The van der Waals surface area contributed by atoms with Crippen LogP contribution in [0.5, 0.6) is 0 Å². The zero-order chi connectivity index (χ0) is 12.3. The zero-order valence-corrected chi connectivity index (χ0v) is 10.2. The lowest BCUT2D eigenvalue weighted by Gasteiger charge is -2.27. The van der Waals surface area contributed by atoms with E-state index in [2.05, 4.69) is 4.74 Å². The minimum atomic E-state index is -0.287. The Bertz CT molecular complexity index is 391. The fraction of sp³-hybridized carbons (Fsp3) is 0.500. The summed E-state index contributed by atoms with van der Waals surface area (Å²) >= 11 is 0.